The van der Waals surface area contributed by atoms with Gasteiger partial charge in [-0.05, 0) is 23.8 Å². The van der Waals surface area contributed by atoms with Gasteiger partial charge in [-0.3, -0.25) is 10.1 Å². The second-order valence-corrected chi connectivity index (χ2v) is 6.30. The van der Waals surface area contributed by atoms with Crippen molar-refractivity contribution < 1.29 is 4.92 Å². The number of nitro groups is 1. The first-order valence-corrected chi connectivity index (χ1v) is 6.58. The summed E-state index contributed by atoms with van der Waals surface area (Å²) in [6.45, 7) is 8.68. The summed E-state index contributed by atoms with van der Waals surface area (Å²) in [6, 6.07) is 4.73. The molecule has 1 aliphatic rings. The van der Waals surface area contributed by atoms with Gasteiger partial charge in [-0.15, -0.1) is 0 Å². The van der Waals surface area contributed by atoms with Crippen molar-refractivity contribution in [3.8, 4) is 0 Å². The van der Waals surface area contributed by atoms with E-state index >= 15 is 0 Å². The molecule has 0 bridgehead atoms. The third-order valence-corrected chi connectivity index (χ3v) is 3.98. The van der Waals surface area contributed by atoms with E-state index in [2.05, 4.69) is 25.7 Å². The highest BCUT2D eigenvalue weighted by atomic mass is 16.6. The zero-order valence-electron chi connectivity index (χ0n) is 11.7. The van der Waals surface area contributed by atoms with Gasteiger partial charge in [0.05, 0.1) is 16.3 Å². The number of benzene rings is 1. The second-order valence-electron chi connectivity index (χ2n) is 6.30. The summed E-state index contributed by atoms with van der Waals surface area (Å²) in [5.74, 6) is 0.627. The van der Waals surface area contributed by atoms with Gasteiger partial charge in [-0.1, -0.05) is 20.8 Å². The molecule has 0 spiro atoms. The number of hydrogen-bond donors (Lipinski definition) is 1. The Morgan fingerprint density at radius 1 is 1.42 bits per heavy atom. The quantitative estimate of drug-likeness (QED) is 0.505. The van der Waals surface area contributed by atoms with Crippen LogP contribution in [0.4, 0.5) is 17.1 Å². The standard InChI is InChI=1S/C14H21N3O2/c1-14(2,3)10-6-7-16(9-10)13-5-4-11(17(18)19)8-12(13)15/h4-5,8,10H,6-7,9,15H2,1-3H3. The largest absolute Gasteiger partial charge is 0.397 e. The van der Waals surface area contributed by atoms with Crippen molar-refractivity contribution in [1.82, 2.24) is 0 Å². The fraction of sp³-hybridized carbons (Fsp3) is 0.571. The molecule has 5 nitrogen and oxygen atoms in total. The van der Waals surface area contributed by atoms with E-state index in [0.717, 1.165) is 25.2 Å². The molecule has 104 valence electrons. The highest BCUT2D eigenvalue weighted by Crippen LogP contribution is 2.37. The fourth-order valence-corrected chi connectivity index (χ4v) is 2.63. The van der Waals surface area contributed by atoms with E-state index in [1.165, 1.54) is 12.1 Å². The first-order chi connectivity index (χ1) is 8.79. The van der Waals surface area contributed by atoms with Crippen molar-refractivity contribution in [1.29, 1.82) is 0 Å². The minimum absolute atomic E-state index is 0.0489. The lowest BCUT2D eigenvalue weighted by molar-refractivity contribution is -0.384. The molecule has 5 heteroatoms. The topological polar surface area (TPSA) is 72.4 Å². The van der Waals surface area contributed by atoms with E-state index in [1.54, 1.807) is 6.07 Å². The van der Waals surface area contributed by atoms with Gasteiger partial charge in [0.1, 0.15) is 0 Å². The average Bonchev–Trinajstić information content (AvgIpc) is 2.77. The first-order valence-electron chi connectivity index (χ1n) is 6.58. The number of nitrogen functional groups attached to an aromatic ring is 1. The lowest BCUT2D eigenvalue weighted by Crippen LogP contribution is -2.26. The Balaban J connectivity index is 2.18. The maximum atomic E-state index is 10.7. The van der Waals surface area contributed by atoms with Crippen molar-refractivity contribution in [3.05, 3.63) is 28.3 Å². The molecule has 1 aromatic rings. The van der Waals surface area contributed by atoms with Gasteiger partial charge in [0.2, 0.25) is 0 Å². The first kappa shape index (κ1) is 13.6. The van der Waals surface area contributed by atoms with Crippen molar-refractivity contribution in [3.63, 3.8) is 0 Å². The Morgan fingerprint density at radius 3 is 2.58 bits per heavy atom. The van der Waals surface area contributed by atoms with Crippen LogP contribution < -0.4 is 10.6 Å². The van der Waals surface area contributed by atoms with Gasteiger partial charge in [-0.2, -0.15) is 0 Å². The molecule has 0 aliphatic carbocycles. The van der Waals surface area contributed by atoms with E-state index in [0.29, 0.717) is 11.6 Å². The molecule has 1 unspecified atom stereocenters. The zero-order valence-corrected chi connectivity index (χ0v) is 11.7. The van der Waals surface area contributed by atoms with Crippen LogP contribution in [0.5, 0.6) is 0 Å². The molecule has 1 aromatic carbocycles. The third kappa shape index (κ3) is 2.80. The Morgan fingerprint density at radius 2 is 2.11 bits per heavy atom. The average molecular weight is 263 g/mol. The molecular weight excluding hydrogens is 242 g/mol. The van der Waals surface area contributed by atoms with Crippen molar-refractivity contribution in [2.45, 2.75) is 27.2 Å². The fourth-order valence-electron chi connectivity index (χ4n) is 2.63. The van der Waals surface area contributed by atoms with Gasteiger partial charge in [0, 0.05) is 25.2 Å². The van der Waals surface area contributed by atoms with Crippen LogP contribution in [0, 0.1) is 21.4 Å². The summed E-state index contributed by atoms with van der Waals surface area (Å²) >= 11 is 0. The van der Waals surface area contributed by atoms with E-state index in [-0.39, 0.29) is 11.1 Å². The van der Waals surface area contributed by atoms with Crippen LogP contribution in [-0.2, 0) is 0 Å². The maximum Gasteiger partial charge on any atom is 0.271 e. The maximum absolute atomic E-state index is 10.7. The molecule has 0 amide bonds. The number of non-ortho nitro benzene ring substituents is 1. The second kappa shape index (κ2) is 4.72. The Kier molecular flexibility index (Phi) is 3.39. The molecule has 0 radical (unpaired) electrons. The molecule has 0 aromatic heterocycles. The number of nitrogens with zero attached hydrogens (tertiary/aromatic N) is 2. The minimum atomic E-state index is -0.415. The summed E-state index contributed by atoms with van der Waals surface area (Å²) in [7, 11) is 0. The number of anilines is 2. The summed E-state index contributed by atoms with van der Waals surface area (Å²) in [5.41, 5.74) is 7.68. The van der Waals surface area contributed by atoms with Gasteiger partial charge in [0.15, 0.2) is 0 Å². The molecule has 1 saturated heterocycles. The van der Waals surface area contributed by atoms with Gasteiger partial charge >= 0.3 is 0 Å². The van der Waals surface area contributed by atoms with Gasteiger partial charge in [0.25, 0.3) is 5.69 Å². The van der Waals surface area contributed by atoms with Crippen LogP contribution in [0.25, 0.3) is 0 Å². The minimum Gasteiger partial charge on any atom is -0.397 e. The van der Waals surface area contributed by atoms with Gasteiger partial charge in [-0.25, -0.2) is 0 Å². The summed E-state index contributed by atoms with van der Waals surface area (Å²) < 4.78 is 0. The Bertz CT molecular complexity index is 494. The smallest absolute Gasteiger partial charge is 0.271 e. The van der Waals surface area contributed by atoms with Crippen molar-refractivity contribution >= 4 is 17.1 Å². The number of rotatable bonds is 2. The normalized spacial score (nSPS) is 19.7. The molecule has 19 heavy (non-hydrogen) atoms. The summed E-state index contributed by atoms with van der Waals surface area (Å²) in [5, 5.41) is 10.7. The molecule has 1 fully saturated rings. The van der Waals surface area contributed by atoms with Crippen LogP contribution in [0.15, 0.2) is 18.2 Å². The number of nitrogens with two attached hydrogens (primary N) is 1. The molecular formula is C14H21N3O2. The SMILES string of the molecule is CC(C)(C)C1CCN(c2ccc([N+](=O)[O-])cc2N)C1. The lowest BCUT2D eigenvalue weighted by atomic mass is 9.80. The van der Waals surface area contributed by atoms with Crippen LogP contribution in [0.3, 0.4) is 0 Å². The molecule has 1 heterocycles. The number of hydrogen-bond acceptors (Lipinski definition) is 4. The highest BCUT2D eigenvalue weighted by molar-refractivity contribution is 5.71. The number of nitro benzene ring substituents is 1. The van der Waals surface area contributed by atoms with E-state index < -0.39 is 4.92 Å². The van der Waals surface area contributed by atoms with E-state index in [1.807, 2.05) is 0 Å². The van der Waals surface area contributed by atoms with Crippen molar-refractivity contribution in [2.24, 2.45) is 11.3 Å². The van der Waals surface area contributed by atoms with Crippen LogP contribution in [0.1, 0.15) is 27.2 Å². The van der Waals surface area contributed by atoms with Crippen molar-refractivity contribution in [2.75, 3.05) is 23.7 Å². The molecule has 0 saturated carbocycles. The third-order valence-electron chi connectivity index (χ3n) is 3.98. The molecule has 1 aliphatic heterocycles. The van der Waals surface area contributed by atoms with Crippen LogP contribution in [-0.4, -0.2) is 18.0 Å². The van der Waals surface area contributed by atoms with E-state index in [4.69, 9.17) is 5.73 Å². The zero-order chi connectivity index (χ0) is 14.2. The predicted molar refractivity (Wildman–Crippen MR) is 77.3 cm³/mol. The summed E-state index contributed by atoms with van der Waals surface area (Å²) in [6.07, 6.45) is 1.14. The lowest BCUT2D eigenvalue weighted by Gasteiger charge is -2.27. The van der Waals surface area contributed by atoms with Crippen LogP contribution in [0.2, 0.25) is 0 Å². The van der Waals surface area contributed by atoms with E-state index in [9.17, 15) is 10.1 Å². The summed E-state index contributed by atoms with van der Waals surface area (Å²) in [4.78, 5) is 12.5. The molecule has 2 N–H and O–H groups in total. The van der Waals surface area contributed by atoms with Crippen LogP contribution >= 0.6 is 0 Å². The molecule has 1 atom stereocenters. The van der Waals surface area contributed by atoms with Gasteiger partial charge < -0.3 is 10.6 Å². The molecule has 2 rings (SSSR count). The predicted octanol–water partition coefficient (Wildman–Crippen LogP) is 3.05. The monoisotopic (exact) mass is 263 g/mol. The Hall–Kier alpha value is -1.78. The highest BCUT2D eigenvalue weighted by Gasteiger charge is 2.32. The Labute approximate surface area is 113 Å².